The van der Waals surface area contributed by atoms with Gasteiger partial charge in [-0.2, -0.15) is 0 Å². The molecule has 1 aliphatic heterocycles. The van der Waals surface area contributed by atoms with E-state index in [1.54, 1.807) is 0 Å². The van der Waals surface area contributed by atoms with Gasteiger partial charge in [0.25, 0.3) is 0 Å². The van der Waals surface area contributed by atoms with Crippen LogP contribution in [0.1, 0.15) is 36.8 Å². The SMILES string of the molecule is O=C1CCC2(C=Cc3cc4c(cc32)OCC(Br)O4)CC1. The number of halogens is 1. The highest BCUT2D eigenvalue weighted by Crippen LogP contribution is 2.49. The van der Waals surface area contributed by atoms with Crippen LogP contribution in [0.2, 0.25) is 0 Å². The van der Waals surface area contributed by atoms with Crippen LogP contribution in [0.25, 0.3) is 6.08 Å². The quantitative estimate of drug-likeness (QED) is 0.680. The largest absolute Gasteiger partial charge is 0.485 e. The third-order valence-electron chi connectivity index (χ3n) is 4.56. The lowest BCUT2D eigenvalue weighted by Gasteiger charge is -2.33. The van der Waals surface area contributed by atoms with E-state index in [-0.39, 0.29) is 10.4 Å². The molecule has 1 unspecified atom stereocenters. The average molecular weight is 335 g/mol. The number of benzene rings is 1. The summed E-state index contributed by atoms with van der Waals surface area (Å²) in [6, 6.07) is 4.17. The Morgan fingerprint density at radius 1 is 1.20 bits per heavy atom. The normalized spacial score (nSPS) is 25.9. The standard InChI is InChI=1S/C16H15BrO3/c17-15-9-19-13-8-12-10(7-14(13)20-15)1-4-16(12)5-2-11(18)3-6-16/h1,4,7-8,15H,2-3,5-6,9H2. The maximum atomic E-state index is 11.5. The van der Waals surface area contributed by atoms with E-state index >= 15 is 0 Å². The van der Waals surface area contributed by atoms with Crippen LogP contribution < -0.4 is 9.47 Å². The molecule has 0 aromatic heterocycles. The van der Waals surface area contributed by atoms with Gasteiger partial charge < -0.3 is 9.47 Å². The number of Topliss-reactive ketones (excluding diaryl/α,β-unsaturated/α-hetero) is 1. The van der Waals surface area contributed by atoms with E-state index in [0.29, 0.717) is 25.2 Å². The molecule has 0 bridgehead atoms. The fourth-order valence-electron chi connectivity index (χ4n) is 3.43. The minimum absolute atomic E-state index is 0.0346. The van der Waals surface area contributed by atoms with E-state index in [9.17, 15) is 4.79 Å². The number of carbonyl (C=O) groups is 1. The Kier molecular flexibility index (Phi) is 2.71. The molecule has 0 radical (unpaired) electrons. The van der Waals surface area contributed by atoms with Gasteiger partial charge in [-0.15, -0.1) is 0 Å². The average Bonchev–Trinajstić information content (AvgIpc) is 2.78. The third kappa shape index (κ3) is 1.81. The van der Waals surface area contributed by atoms with Crippen molar-refractivity contribution in [1.82, 2.24) is 0 Å². The van der Waals surface area contributed by atoms with Crippen LogP contribution >= 0.6 is 15.9 Å². The number of hydrogen-bond donors (Lipinski definition) is 0. The summed E-state index contributed by atoms with van der Waals surface area (Å²) >= 11 is 3.41. The van der Waals surface area contributed by atoms with E-state index in [4.69, 9.17) is 9.47 Å². The molecule has 4 heteroatoms. The first-order valence-electron chi connectivity index (χ1n) is 6.99. The Bertz CT molecular complexity index is 610. The van der Waals surface area contributed by atoms with Crippen molar-refractivity contribution < 1.29 is 14.3 Å². The molecule has 4 rings (SSSR count). The molecule has 2 aliphatic carbocycles. The molecule has 1 saturated carbocycles. The van der Waals surface area contributed by atoms with E-state index in [1.165, 1.54) is 11.1 Å². The number of ether oxygens (including phenoxy) is 2. The summed E-state index contributed by atoms with van der Waals surface area (Å²) in [4.78, 5) is 11.5. The van der Waals surface area contributed by atoms with Crippen molar-refractivity contribution in [2.45, 2.75) is 36.1 Å². The van der Waals surface area contributed by atoms with Crippen molar-refractivity contribution in [2.24, 2.45) is 0 Å². The molecule has 0 saturated heterocycles. The van der Waals surface area contributed by atoms with Crippen LogP contribution in [0.4, 0.5) is 0 Å². The van der Waals surface area contributed by atoms with Crippen molar-refractivity contribution in [3.63, 3.8) is 0 Å². The van der Waals surface area contributed by atoms with E-state index < -0.39 is 0 Å². The minimum Gasteiger partial charge on any atom is -0.485 e. The lowest BCUT2D eigenvalue weighted by molar-refractivity contribution is -0.121. The van der Waals surface area contributed by atoms with Gasteiger partial charge in [0.05, 0.1) is 0 Å². The van der Waals surface area contributed by atoms with Crippen molar-refractivity contribution in [3.8, 4) is 11.5 Å². The molecule has 1 aromatic rings. The molecule has 104 valence electrons. The van der Waals surface area contributed by atoms with Crippen molar-refractivity contribution in [1.29, 1.82) is 0 Å². The van der Waals surface area contributed by atoms with Gasteiger partial charge in [-0.3, -0.25) is 4.79 Å². The van der Waals surface area contributed by atoms with Gasteiger partial charge in [-0.05, 0) is 52.0 Å². The Hall–Kier alpha value is -1.29. The summed E-state index contributed by atoms with van der Waals surface area (Å²) in [6.45, 7) is 0.519. The minimum atomic E-state index is -0.0836. The molecule has 3 nitrogen and oxygen atoms in total. The molecular formula is C16H15BrO3. The van der Waals surface area contributed by atoms with Crippen molar-refractivity contribution in [2.75, 3.05) is 6.61 Å². The zero-order valence-electron chi connectivity index (χ0n) is 11.0. The highest BCUT2D eigenvalue weighted by Gasteiger charge is 2.39. The van der Waals surface area contributed by atoms with E-state index in [1.807, 2.05) is 0 Å². The van der Waals surface area contributed by atoms with Gasteiger partial charge in [0.15, 0.2) is 16.5 Å². The third-order valence-corrected chi connectivity index (χ3v) is 5.01. The summed E-state index contributed by atoms with van der Waals surface area (Å²) < 4.78 is 11.5. The monoisotopic (exact) mass is 334 g/mol. The molecule has 1 heterocycles. The highest BCUT2D eigenvalue weighted by atomic mass is 79.9. The summed E-state index contributed by atoms with van der Waals surface area (Å²) in [5, 5.41) is -0.0836. The fourth-order valence-corrected chi connectivity index (χ4v) is 3.76. The molecule has 1 fully saturated rings. The Balaban J connectivity index is 1.75. The first-order valence-corrected chi connectivity index (χ1v) is 7.91. The first-order chi connectivity index (χ1) is 9.66. The van der Waals surface area contributed by atoms with Gasteiger partial charge in [0.2, 0.25) is 0 Å². The van der Waals surface area contributed by atoms with Gasteiger partial charge in [-0.25, -0.2) is 0 Å². The second kappa shape index (κ2) is 4.35. The zero-order chi connectivity index (χ0) is 13.7. The van der Waals surface area contributed by atoms with Gasteiger partial charge in [0, 0.05) is 18.3 Å². The van der Waals surface area contributed by atoms with Crippen molar-refractivity contribution in [3.05, 3.63) is 29.3 Å². The lowest BCUT2D eigenvalue weighted by Crippen LogP contribution is -2.29. The number of rotatable bonds is 0. The van der Waals surface area contributed by atoms with Crippen LogP contribution in [0, 0.1) is 0 Å². The smallest absolute Gasteiger partial charge is 0.187 e. The molecule has 3 aliphatic rings. The number of ketones is 1. The first kappa shape index (κ1) is 12.5. The van der Waals surface area contributed by atoms with Crippen LogP contribution in [0.15, 0.2) is 18.2 Å². The predicted octanol–water partition coefficient (Wildman–Crippen LogP) is 3.59. The molecule has 0 amide bonds. The Morgan fingerprint density at radius 2 is 2.00 bits per heavy atom. The van der Waals surface area contributed by atoms with E-state index in [0.717, 1.165) is 24.3 Å². The number of alkyl halides is 1. The van der Waals surface area contributed by atoms with E-state index in [2.05, 4.69) is 40.2 Å². The van der Waals surface area contributed by atoms with Crippen molar-refractivity contribution >= 4 is 27.8 Å². The molecule has 20 heavy (non-hydrogen) atoms. The summed E-state index contributed by atoms with van der Waals surface area (Å²) in [5.41, 5.74) is 2.52. The molecule has 0 N–H and O–H groups in total. The van der Waals surface area contributed by atoms with Crippen LogP contribution in [0.3, 0.4) is 0 Å². The van der Waals surface area contributed by atoms with Gasteiger partial charge in [0.1, 0.15) is 12.4 Å². The molecule has 1 atom stereocenters. The summed E-state index contributed by atoms with van der Waals surface area (Å²) in [5.74, 6) is 2.00. The molecule has 1 spiro atoms. The number of fused-ring (bicyclic) bond motifs is 3. The van der Waals surface area contributed by atoms with Gasteiger partial charge in [-0.1, -0.05) is 12.2 Å². The second-order valence-corrected chi connectivity index (χ2v) is 6.77. The fraction of sp³-hybridized carbons (Fsp3) is 0.438. The number of allylic oxidation sites excluding steroid dienone is 1. The summed E-state index contributed by atoms with van der Waals surface area (Å²) in [7, 11) is 0. The topological polar surface area (TPSA) is 35.5 Å². The van der Waals surface area contributed by atoms with Gasteiger partial charge >= 0.3 is 0 Å². The number of carbonyl (C=O) groups excluding carboxylic acids is 1. The second-order valence-electron chi connectivity index (χ2n) is 5.75. The Morgan fingerprint density at radius 3 is 2.80 bits per heavy atom. The Labute approximate surface area is 126 Å². The highest BCUT2D eigenvalue weighted by molar-refractivity contribution is 9.09. The van der Waals surface area contributed by atoms with Crippen LogP contribution in [-0.2, 0) is 10.2 Å². The van der Waals surface area contributed by atoms with Crippen LogP contribution in [0.5, 0.6) is 11.5 Å². The predicted molar refractivity (Wildman–Crippen MR) is 79.5 cm³/mol. The lowest BCUT2D eigenvalue weighted by atomic mass is 9.70. The van der Waals surface area contributed by atoms with Crippen LogP contribution in [-0.4, -0.2) is 17.4 Å². The zero-order valence-corrected chi connectivity index (χ0v) is 12.6. The molecular weight excluding hydrogens is 320 g/mol. The molecule has 1 aromatic carbocycles. The maximum Gasteiger partial charge on any atom is 0.187 e. The maximum absolute atomic E-state index is 11.5. The summed E-state index contributed by atoms with van der Waals surface area (Å²) in [6.07, 6.45) is 7.61. The number of hydrogen-bond acceptors (Lipinski definition) is 3.